The first-order chi connectivity index (χ1) is 8.04. The molecule has 1 heterocycles. The van der Waals surface area contributed by atoms with Gasteiger partial charge in [0, 0.05) is 6.42 Å². The van der Waals surface area contributed by atoms with E-state index in [-0.39, 0.29) is 11.8 Å². The fourth-order valence-corrected chi connectivity index (χ4v) is 1.78. The molecule has 0 aliphatic carbocycles. The fourth-order valence-electron chi connectivity index (χ4n) is 1.78. The highest BCUT2D eigenvalue weighted by atomic mass is 16.2. The molecule has 1 saturated heterocycles. The van der Waals surface area contributed by atoms with Crippen molar-refractivity contribution in [2.75, 3.05) is 0 Å². The quantitative estimate of drug-likeness (QED) is 0.580. The van der Waals surface area contributed by atoms with E-state index in [2.05, 4.69) is 10.6 Å². The minimum atomic E-state index is -0.639. The first-order valence-corrected chi connectivity index (χ1v) is 5.93. The summed E-state index contributed by atoms with van der Waals surface area (Å²) in [5.74, 6) is -0.985. The Hall–Kier alpha value is -1.59. The van der Waals surface area contributed by atoms with Crippen molar-refractivity contribution in [1.82, 2.24) is 10.6 Å². The van der Waals surface area contributed by atoms with E-state index < -0.39 is 18.0 Å². The summed E-state index contributed by atoms with van der Waals surface area (Å²) in [6.07, 6.45) is 3.13. The average Bonchev–Trinajstić information content (AvgIpc) is 2.70. The third-order valence-corrected chi connectivity index (χ3v) is 2.82. The van der Waals surface area contributed by atoms with Crippen LogP contribution in [0.1, 0.15) is 39.0 Å². The largest absolute Gasteiger partial charge is 0.368 e. The average molecular weight is 241 g/mol. The van der Waals surface area contributed by atoms with Gasteiger partial charge >= 0.3 is 0 Å². The second-order valence-electron chi connectivity index (χ2n) is 4.26. The van der Waals surface area contributed by atoms with Crippen molar-refractivity contribution in [3.63, 3.8) is 0 Å². The predicted molar refractivity (Wildman–Crippen MR) is 61.8 cm³/mol. The molecule has 0 saturated carbocycles. The Balaban J connectivity index is 2.46. The number of hydrogen-bond acceptors (Lipinski definition) is 3. The van der Waals surface area contributed by atoms with Crippen molar-refractivity contribution in [3.05, 3.63) is 0 Å². The number of hydrogen-bond donors (Lipinski definition) is 3. The molecule has 1 aliphatic rings. The van der Waals surface area contributed by atoms with Gasteiger partial charge in [0.15, 0.2) is 0 Å². The molecular weight excluding hydrogens is 222 g/mol. The molecule has 6 heteroatoms. The van der Waals surface area contributed by atoms with E-state index in [4.69, 9.17) is 5.73 Å². The maximum atomic E-state index is 11.7. The minimum Gasteiger partial charge on any atom is -0.368 e. The fraction of sp³-hybridized carbons (Fsp3) is 0.727. The summed E-state index contributed by atoms with van der Waals surface area (Å²) in [5, 5.41) is 5.14. The molecule has 0 aromatic heterocycles. The molecule has 2 atom stereocenters. The van der Waals surface area contributed by atoms with E-state index >= 15 is 0 Å². The maximum absolute atomic E-state index is 11.7. The van der Waals surface area contributed by atoms with Crippen molar-refractivity contribution in [2.45, 2.75) is 51.1 Å². The molecule has 6 nitrogen and oxygen atoms in total. The Morgan fingerprint density at radius 1 is 1.59 bits per heavy atom. The summed E-state index contributed by atoms with van der Waals surface area (Å²) in [6, 6.07) is -1.16. The van der Waals surface area contributed by atoms with Crippen LogP contribution < -0.4 is 16.4 Å². The first kappa shape index (κ1) is 13.5. The summed E-state index contributed by atoms with van der Waals surface area (Å²) in [7, 11) is 0. The molecule has 0 bridgehead atoms. The van der Waals surface area contributed by atoms with Gasteiger partial charge in [0.05, 0.1) is 0 Å². The SMILES string of the molecule is CCCC[C@@H](NC(=O)[C@H]1CCC(=O)N1)C(N)=O. The first-order valence-electron chi connectivity index (χ1n) is 5.93. The monoisotopic (exact) mass is 241 g/mol. The number of nitrogens with one attached hydrogen (secondary N) is 2. The molecule has 0 unspecified atom stereocenters. The molecule has 1 fully saturated rings. The molecule has 3 amide bonds. The third kappa shape index (κ3) is 4.05. The number of primary amides is 1. The second kappa shape index (κ2) is 6.22. The lowest BCUT2D eigenvalue weighted by Gasteiger charge is -2.17. The smallest absolute Gasteiger partial charge is 0.243 e. The summed E-state index contributed by atoms with van der Waals surface area (Å²) in [5.41, 5.74) is 5.21. The van der Waals surface area contributed by atoms with Crippen molar-refractivity contribution >= 4 is 17.7 Å². The van der Waals surface area contributed by atoms with E-state index in [0.29, 0.717) is 19.3 Å². The summed E-state index contributed by atoms with van der Waals surface area (Å²) in [4.78, 5) is 33.8. The van der Waals surface area contributed by atoms with Gasteiger partial charge in [-0.1, -0.05) is 19.8 Å². The Morgan fingerprint density at radius 3 is 2.76 bits per heavy atom. The Morgan fingerprint density at radius 2 is 2.29 bits per heavy atom. The van der Waals surface area contributed by atoms with Gasteiger partial charge in [0.25, 0.3) is 0 Å². The third-order valence-electron chi connectivity index (χ3n) is 2.82. The molecule has 0 aromatic carbocycles. The molecule has 1 rings (SSSR count). The van der Waals surface area contributed by atoms with Crippen molar-refractivity contribution in [1.29, 1.82) is 0 Å². The van der Waals surface area contributed by atoms with Crippen molar-refractivity contribution < 1.29 is 14.4 Å². The molecule has 4 N–H and O–H groups in total. The highest BCUT2D eigenvalue weighted by Gasteiger charge is 2.29. The molecule has 96 valence electrons. The number of amides is 3. The van der Waals surface area contributed by atoms with Crippen molar-refractivity contribution in [3.8, 4) is 0 Å². The van der Waals surface area contributed by atoms with Crippen LogP contribution >= 0.6 is 0 Å². The molecule has 1 aliphatic heterocycles. The molecule has 0 spiro atoms. The van der Waals surface area contributed by atoms with E-state index in [1.165, 1.54) is 0 Å². The number of rotatable bonds is 6. The molecule has 17 heavy (non-hydrogen) atoms. The lowest BCUT2D eigenvalue weighted by Crippen LogP contribution is -2.50. The lowest BCUT2D eigenvalue weighted by atomic mass is 10.1. The normalized spacial score (nSPS) is 20.8. The van der Waals surface area contributed by atoms with Crippen LogP contribution in [0.25, 0.3) is 0 Å². The maximum Gasteiger partial charge on any atom is 0.243 e. The zero-order chi connectivity index (χ0) is 12.8. The number of nitrogens with two attached hydrogens (primary N) is 1. The number of carbonyl (C=O) groups excluding carboxylic acids is 3. The summed E-state index contributed by atoms with van der Waals surface area (Å²) in [6.45, 7) is 2.00. The van der Waals surface area contributed by atoms with Crippen molar-refractivity contribution in [2.24, 2.45) is 5.73 Å². The zero-order valence-corrected chi connectivity index (χ0v) is 9.99. The minimum absolute atomic E-state index is 0.130. The number of unbranched alkanes of at least 4 members (excludes halogenated alkanes) is 1. The van der Waals surface area contributed by atoms with Crippen LogP contribution in [0.4, 0.5) is 0 Å². The van der Waals surface area contributed by atoms with Crippen LogP contribution in [0, 0.1) is 0 Å². The topological polar surface area (TPSA) is 101 Å². The van der Waals surface area contributed by atoms with E-state index in [1.807, 2.05) is 6.92 Å². The van der Waals surface area contributed by atoms with Crippen LogP contribution in [0.15, 0.2) is 0 Å². The van der Waals surface area contributed by atoms with Gasteiger partial charge < -0.3 is 16.4 Å². The predicted octanol–water partition coefficient (Wildman–Crippen LogP) is -0.575. The standard InChI is InChI=1S/C11H19N3O3/c1-2-3-4-7(10(12)16)14-11(17)8-5-6-9(15)13-8/h7-8H,2-6H2,1H3,(H2,12,16)(H,13,15)(H,14,17)/t7-,8-/m1/s1. The van der Waals surface area contributed by atoms with Gasteiger partial charge in [-0.3, -0.25) is 14.4 Å². The Bertz CT molecular complexity index is 317. The van der Waals surface area contributed by atoms with E-state index in [0.717, 1.165) is 12.8 Å². The highest BCUT2D eigenvalue weighted by molar-refractivity contribution is 5.93. The number of carbonyl (C=O) groups is 3. The molecular formula is C11H19N3O3. The molecule has 0 aromatic rings. The van der Waals surface area contributed by atoms with Gasteiger partial charge in [0.1, 0.15) is 12.1 Å². The van der Waals surface area contributed by atoms with Crippen LogP contribution in [0.2, 0.25) is 0 Å². The Labute approximate surface area is 100 Å². The summed E-state index contributed by atoms with van der Waals surface area (Å²) < 4.78 is 0. The zero-order valence-electron chi connectivity index (χ0n) is 9.99. The second-order valence-corrected chi connectivity index (χ2v) is 4.26. The van der Waals surface area contributed by atoms with Gasteiger partial charge in [-0.05, 0) is 12.8 Å². The lowest BCUT2D eigenvalue weighted by molar-refractivity contribution is -0.129. The van der Waals surface area contributed by atoms with Crippen LogP contribution in [-0.2, 0) is 14.4 Å². The van der Waals surface area contributed by atoms with Gasteiger partial charge in [-0.25, -0.2) is 0 Å². The summed E-state index contributed by atoms with van der Waals surface area (Å²) >= 11 is 0. The molecule has 0 radical (unpaired) electrons. The van der Waals surface area contributed by atoms with E-state index in [9.17, 15) is 14.4 Å². The van der Waals surface area contributed by atoms with Gasteiger partial charge in [-0.15, -0.1) is 0 Å². The van der Waals surface area contributed by atoms with Crippen LogP contribution in [0.3, 0.4) is 0 Å². The van der Waals surface area contributed by atoms with E-state index in [1.54, 1.807) is 0 Å². The van der Waals surface area contributed by atoms with Crippen LogP contribution in [-0.4, -0.2) is 29.8 Å². The highest BCUT2D eigenvalue weighted by Crippen LogP contribution is 2.08. The Kier molecular flexibility index (Phi) is 4.93. The van der Waals surface area contributed by atoms with Gasteiger partial charge in [0.2, 0.25) is 17.7 Å². The van der Waals surface area contributed by atoms with Crippen LogP contribution in [0.5, 0.6) is 0 Å². The van der Waals surface area contributed by atoms with Gasteiger partial charge in [-0.2, -0.15) is 0 Å².